The number of aliphatic hydroxyl groups is 1. The molecule has 0 radical (unpaired) electrons. The van der Waals surface area contributed by atoms with Crippen LogP contribution in [0.25, 0.3) is 0 Å². The predicted molar refractivity (Wildman–Crippen MR) is 70.9 cm³/mol. The van der Waals surface area contributed by atoms with Crippen LogP contribution in [0.5, 0.6) is 0 Å². The molecule has 4 heteroatoms. The van der Waals surface area contributed by atoms with Gasteiger partial charge in [0, 0.05) is 17.6 Å². The number of halogens is 1. The smallest absolute Gasteiger partial charge is 0.0579 e. The lowest BCUT2D eigenvalue weighted by atomic mass is 9.87. The summed E-state index contributed by atoms with van der Waals surface area (Å²) < 4.78 is 6.27. The molecule has 0 saturated carbocycles. The maximum absolute atomic E-state index is 9.30. The molecule has 1 heterocycles. The summed E-state index contributed by atoms with van der Waals surface area (Å²) in [7, 11) is 0. The molecular weight excluding hydrogens is 282 g/mol. The molecule has 1 aliphatic rings. The molecule has 1 fully saturated rings. The summed E-state index contributed by atoms with van der Waals surface area (Å²) in [5.41, 5.74) is 2.51. The van der Waals surface area contributed by atoms with E-state index in [1.54, 1.807) is 0 Å². The Hall–Kier alpha value is -0.420. The highest BCUT2D eigenvalue weighted by atomic mass is 79.9. The first-order valence-electron chi connectivity index (χ1n) is 5.80. The third-order valence-electron chi connectivity index (χ3n) is 3.28. The average molecular weight is 300 g/mol. The fourth-order valence-corrected chi connectivity index (χ4v) is 2.34. The van der Waals surface area contributed by atoms with Gasteiger partial charge in [0.25, 0.3) is 0 Å². The zero-order chi connectivity index (χ0) is 12.3. The topological polar surface area (TPSA) is 41.5 Å². The zero-order valence-electron chi connectivity index (χ0n) is 10.0. The van der Waals surface area contributed by atoms with E-state index in [-0.39, 0.29) is 12.0 Å². The molecule has 0 atom stereocenters. The summed E-state index contributed by atoms with van der Waals surface area (Å²) in [6, 6.07) is 6.29. The second kappa shape index (κ2) is 5.48. The van der Waals surface area contributed by atoms with E-state index in [1.807, 2.05) is 6.07 Å². The van der Waals surface area contributed by atoms with Crippen molar-refractivity contribution in [2.24, 2.45) is 5.41 Å². The van der Waals surface area contributed by atoms with E-state index < -0.39 is 0 Å². The Morgan fingerprint density at radius 3 is 2.82 bits per heavy atom. The lowest BCUT2D eigenvalue weighted by Crippen LogP contribution is -2.52. The molecule has 1 aromatic carbocycles. The Morgan fingerprint density at radius 2 is 2.24 bits per heavy atom. The van der Waals surface area contributed by atoms with Crippen LogP contribution in [0, 0.1) is 12.3 Å². The molecule has 1 aromatic rings. The number of aliphatic hydroxyl groups excluding tert-OH is 1. The van der Waals surface area contributed by atoms with Crippen LogP contribution in [0.3, 0.4) is 0 Å². The summed E-state index contributed by atoms with van der Waals surface area (Å²) in [6.07, 6.45) is 0. The van der Waals surface area contributed by atoms with Crippen molar-refractivity contribution in [3.63, 3.8) is 0 Å². The minimum Gasteiger partial charge on any atom is -0.396 e. The Bertz CT molecular complexity index is 385. The molecular formula is C13H18BrNO2. The Morgan fingerprint density at radius 1 is 1.47 bits per heavy atom. The van der Waals surface area contributed by atoms with Crippen LogP contribution < -0.4 is 5.32 Å². The van der Waals surface area contributed by atoms with Crippen molar-refractivity contribution in [2.45, 2.75) is 13.5 Å². The van der Waals surface area contributed by atoms with Crippen molar-refractivity contribution < 1.29 is 9.84 Å². The zero-order valence-corrected chi connectivity index (χ0v) is 11.6. The normalized spacial score (nSPS) is 17.8. The molecule has 1 saturated heterocycles. The quantitative estimate of drug-likeness (QED) is 0.872. The molecule has 0 amide bonds. The van der Waals surface area contributed by atoms with E-state index in [0.717, 1.165) is 17.6 Å². The van der Waals surface area contributed by atoms with Crippen LogP contribution in [-0.4, -0.2) is 31.5 Å². The van der Waals surface area contributed by atoms with Crippen LogP contribution in [0.2, 0.25) is 0 Å². The first-order chi connectivity index (χ1) is 8.15. The van der Waals surface area contributed by atoms with Crippen LogP contribution in [-0.2, 0) is 11.3 Å². The number of hydrogen-bond acceptors (Lipinski definition) is 3. The molecule has 0 unspecified atom stereocenters. The molecule has 0 aliphatic carbocycles. The molecule has 0 aromatic heterocycles. The minimum atomic E-state index is -0.0556. The Balaban J connectivity index is 1.87. The highest BCUT2D eigenvalue weighted by Gasteiger charge is 2.37. The van der Waals surface area contributed by atoms with Gasteiger partial charge in [0.2, 0.25) is 0 Å². The van der Waals surface area contributed by atoms with Crippen LogP contribution in [0.15, 0.2) is 22.7 Å². The van der Waals surface area contributed by atoms with E-state index >= 15 is 0 Å². The largest absolute Gasteiger partial charge is 0.396 e. The molecule has 0 bridgehead atoms. The van der Waals surface area contributed by atoms with Gasteiger partial charge in [-0.05, 0) is 30.2 Å². The molecule has 3 nitrogen and oxygen atoms in total. The molecule has 17 heavy (non-hydrogen) atoms. The third kappa shape index (κ3) is 3.07. The van der Waals surface area contributed by atoms with Crippen LogP contribution in [0.1, 0.15) is 11.1 Å². The molecule has 2 N–H and O–H groups in total. The number of nitrogens with one attached hydrogen (secondary N) is 1. The summed E-state index contributed by atoms with van der Waals surface area (Å²) >= 11 is 3.48. The number of aryl methyl sites for hydroxylation is 1. The first kappa shape index (κ1) is 13.0. The van der Waals surface area contributed by atoms with E-state index in [4.69, 9.17) is 4.74 Å². The van der Waals surface area contributed by atoms with Crippen molar-refractivity contribution in [3.05, 3.63) is 33.8 Å². The van der Waals surface area contributed by atoms with Gasteiger partial charge < -0.3 is 15.2 Å². The Kier molecular flexibility index (Phi) is 4.20. The van der Waals surface area contributed by atoms with Gasteiger partial charge in [0.1, 0.15) is 0 Å². The van der Waals surface area contributed by atoms with Crippen molar-refractivity contribution in [3.8, 4) is 0 Å². The van der Waals surface area contributed by atoms with Crippen LogP contribution >= 0.6 is 15.9 Å². The van der Waals surface area contributed by atoms with Gasteiger partial charge in [-0.3, -0.25) is 0 Å². The predicted octanol–water partition coefficient (Wildman–Crippen LogP) is 1.86. The summed E-state index contributed by atoms with van der Waals surface area (Å²) in [6.45, 7) is 5.25. The van der Waals surface area contributed by atoms with Gasteiger partial charge in [-0.25, -0.2) is 0 Å². The van der Waals surface area contributed by atoms with Crippen molar-refractivity contribution in [1.29, 1.82) is 0 Å². The van der Waals surface area contributed by atoms with Gasteiger partial charge in [-0.2, -0.15) is 0 Å². The summed E-state index contributed by atoms with van der Waals surface area (Å²) in [5.74, 6) is 0. The summed E-state index contributed by atoms with van der Waals surface area (Å²) in [4.78, 5) is 0. The molecule has 1 aliphatic heterocycles. The fourth-order valence-electron chi connectivity index (χ4n) is 1.93. The van der Waals surface area contributed by atoms with Crippen molar-refractivity contribution in [2.75, 3.05) is 26.4 Å². The summed E-state index contributed by atoms with van der Waals surface area (Å²) in [5, 5.41) is 12.7. The van der Waals surface area contributed by atoms with Gasteiger partial charge in [0.15, 0.2) is 0 Å². The number of ether oxygens (including phenoxy) is 1. The minimum absolute atomic E-state index is 0.0556. The maximum Gasteiger partial charge on any atom is 0.0579 e. The maximum atomic E-state index is 9.30. The van der Waals surface area contributed by atoms with E-state index in [9.17, 15) is 5.11 Å². The average Bonchev–Trinajstić information content (AvgIpc) is 2.27. The fraction of sp³-hybridized carbons (Fsp3) is 0.538. The highest BCUT2D eigenvalue weighted by Crippen LogP contribution is 2.25. The van der Waals surface area contributed by atoms with Gasteiger partial charge in [-0.15, -0.1) is 0 Å². The highest BCUT2D eigenvalue weighted by molar-refractivity contribution is 9.10. The van der Waals surface area contributed by atoms with Gasteiger partial charge >= 0.3 is 0 Å². The van der Waals surface area contributed by atoms with Crippen LogP contribution in [0.4, 0.5) is 0 Å². The second-order valence-corrected chi connectivity index (χ2v) is 5.74. The number of benzene rings is 1. The number of rotatable bonds is 5. The number of hydrogen-bond donors (Lipinski definition) is 2. The van der Waals surface area contributed by atoms with Gasteiger partial charge in [0.05, 0.1) is 25.2 Å². The van der Waals surface area contributed by atoms with Crippen molar-refractivity contribution in [1.82, 2.24) is 5.32 Å². The van der Waals surface area contributed by atoms with Crippen molar-refractivity contribution >= 4 is 15.9 Å². The Labute approximate surface area is 110 Å². The first-order valence-corrected chi connectivity index (χ1v) is 6.59. The standard InChI is InChI=1S/C13H18BrNO2/c1-10-2-3-12(14)4-11(10)5-15-6-13(7-16)8-17-9-13/h2-4,15-16H,5-9H2,1H3. The molecule has 2 rings (SSSR count). The second-order valence-electron chi connectivity index (χ2n) is 4.83. The van der Waals surface area contributed by atoms with E-state index in [1.165, 1.54) is 11.1 Å². The molecule has 94 valence electrons. The lowest BCUT2D eigenvalue weighted by molar-refractivity contribution is -0.134. The van der Waals surface area contributed by atoms with E-state index in [2.05, 4.69) is 40.3 Å². The molecule has 0 spiro atoms. The lowest BCUT2D eigenvalue weighted by Gasteiger charge is -2.40. The monoisotopic (exact) mass is 299 g/mol. The van der Waals surface area contributed by atoms with Gasteiger partial charge in [-0.1, -0.05) is 22.0 Å². The third-order valence-corrected chi connectivity index (χ3v) is 3.77. The van der Waals surface area contributed by atoms with E-state index in [0.29, 0.717) is 13.2 Å². The SMILES string of the molecule is Cc1ccc(Br)cc1CNCC1(CO)COC1.